The Hall–Kier alpha value is -2.03. The molecule has 140 valence electrons. The lowest BCUT2D eigenvalue weighted by atomic mass is 9.96. The minimum Gasteiger partial charge on any atom is -0.450 e. The number of hydrogen-bond donors (Lipinski definition) is 3. The molecule has 10 heteroatoms. The molecule has 1 fully saturated rings. The maximum Gasteiger partial charge on any atom is 0.330 e. The molecule has 0 aliphatic carbocycles. The van der Waals surface area contributed by atoms with E-state index in [0.29, 0.717) is 5.75 Å². The Morgan fingerprint density at radius 3 is 2.73 bits per heavy atom. The lowest BCUT2D eigenvalue weighted by Crippen LogP contribution is -2.46. The molecule has 5 atom stereocenters. The molecule has 1 saturated heterocycles. The summed E-state index contributed by atoms with van der Waals surface area (Å²) in [5.41, 5.74) is -3.06. The van der Waals surface area contributed by atoms with Gasteiger partial charge in [0.05, 0.1) is 6.61 Å². The van der Waals surface area contributed by atoms with Crippen molar-refractivity contribution in [3.8, 4) is 5.75 Å². The molecule has 3 N–H and O–H groups in total. The smallest absolute Gasteiger partial charge is 0.330 e. The van der Waals surface area contributed by atoms with Crippen molar-refractivity contribution < 1.29 is 24.0 Å². The van der Waals surface area contributed by atoms with Gasteiger partial charge < -0.3 is 24.0 Å². The summed E-state index contributed by atoms with van der Waals surface area (Å²) in [6.45, 7) is 1.31. The highest BCUT2D eigenvalue weighted by molar-refractivity contribution is 7.26. The van der Waals surface area contributed by atoms with Gasteiger partial charge in [-0.1, -0.05) is 18.2 Å². The first kappa shape index (κ1) is 18.8. The minimum atomic E-state index is -1.75. The number of aliphatic hydroxyl groups excluding tert-OH is 1. The molecule has 1 aromatic heterocycles. The monoisotopic (exact) mass is 382 g/mol. The fraction of sp³-hybridized carbons (Fsp3) is 0.375. The standard InChI is InChI=1S/C16H19N2O7P/c1-16(22)13(20)11(9-23-26-25-10-5-3-2-4-6-10)24-14(16)18-8-7-12(19)17-15(18)21/h2-8,11,13-14,20,22,26H,9H2,1H3,(H,17,19,21)/t11-,13?,14-,16-/m1/s1. The molecule has 0 radical (unpaired) electrons. The van der Waals surface area contributed by atoms with Crippen molar-refractivity contribution in [1.29, 1.82) is 0 Å². The van der Waals surface area contributed by atoms with Gasteiger partial charge in [0, 0.05) is 12.3 Å². The molecule has 2 unspecified atom stereocenters. The van der Waals surface area contributed by atoms with Crippen LogP contribution in [0.4, 0.5) is 0 Å². The molecule has 1 aliphatic rings. The van der Waals surface area contributed by atoms with E-state index in [2.05, 4.69) is 4.98 Å². The number of H-pyrrole nitrogens is 1. The normalized spacial score (nSPS) is 28.7. The average Bonchev–Trinajstić information content (AvgIpc) is 2.83. The molecule has 3 rings (SSSR count). The van der Waals surface area contributed by atoms with Crippen molar-refractivity contribution in [2.24, 2.45) is 0 Å². The van der Waals surface area contributed by atoms with E-state index < -0.39 is 35.3 Å². The van der Waals surface area contributed by atoms with Gasteiger partial charge in [0.2, 0.25) is 9.03 Å². The van der Waals surface area contributed by atoms with Crippen LogP contribution >= 0.6 is 9.03 Å². The van der Waals surface area contributed by atoms with Crippen LogP contribution in [0, 0.1) is 0 Å². The number of para-hydroxylation sites is 1. The molecule has 1 aliphatic heterocycles. The third-order valence-electron chi connectivity index (χ3n) is 4.07. The number of hydrogen-bond acceptors (Lipinski definition) is 7. The first-order chi connectivity index (χ1) is 12.4. The molecule has 1 aromatic carbocycles. The first-order valence-electron chi connectivity index (χ1n) is 7.85. The van der Waals surface area contributed by atoms with Crippen LogP contribution < -0.4 is 15.8 Å². The molecule has 0 bridgehead atoms. The van der Waals surface area contributed by atoms with Crippen molar-refractivity contribution in [3.05, 3.63) is 63.4 Å². The summed E-state index contributed by atoms with van der Waals surface area (Å²) >= 11 is 0. The zero-order valence-corrected chi connectivity index (χ0v) is 14.9. The van der Waals surface area contributed by atoms with Gasteiger partial charge in [-0.25, -0.2) is 4.79 Å². The number of aromatic nitrogens is 2. The van der Waals surface area contributed by atoms with E-state index in [-0.39, 0.29) is 15.6 Å². The van der Waals surface area contributed by atoms with Gasteiger partial charge in [-0.2, -0.15) is 0 Å². The minimum absolute atomic E-state index is 0.0444. The van der Waals surface area contributed by atoms with Crippen LogP contribution in [-0.4, -0.2) is 44.2 Å². The van der Waals surface area contributed by atoms with Crippen LogP contribution in [0.5, 0.6) is 5.75 Å². The predicted molar refractivity (Wildman–Crippen MR) is 93.2 cm³/mol. The topological polar surface area (TPSA) is 123 Å². The van der Waals surface area contributed by atoms with Gasteiger partial charge in [0.1, 0.15) is 23.6 Å². The van der Waals surface area contributed by atoms with Gasteiger partial charge in [-0.3, -0.25) is 14.3 Å². The Bertz CT molecular complexity index is 851. The number of nitrogens with zero attached hydrogens (tertiary/aromatic N) is 1. The van der Waals surface area contributed by atoms with Gasteiger partial charge in [0.15, 0.2) is 6.23 Å². The fourth-order valence-corrected chi connectivity index (χ4v) is 3.20. The van der Waals surface area contributed by atoms with E-state index in [9.17, 15) is 19.8 Å². The fourth-order valence-electron chi connectivity index (χ4n) is 2.67. The number of nitrogens with one attached hydrogen (secondary N) is 1. The van der Waals surface area contributed by atoms with E-state index in [4.69, 9.17) is 13.8 Å². The lowest BCUT2D eigenvalue weighted by molar-refractivity contribution is -0.0983. The molecule has 2 aromatic rings. The molecule has 9 nitrogen and oxygen atoms in total. The predicted octanol–water partition coefficient (Wildman–Crippen LogP) is 0.150. The number of aliphatic hydroxyl groups is 2. The summed E-state index contributed by atoms with van der Waals surface area (Å²) in [6, 6.07) is 10.2. The Balaban J connectivity index is 1.63. The number of rotatable bonds is 6. The highest BCUT2D eigenvalue weighted by Crippen LogP contribution is 2.38. The second kappa shape index (κ2) is 7.69. The molecular weight excluding hydrogens is 363 g/mol. The van der Waals surface area contributed by atoms with E-state index >= 15 is 0 Å². The van der Waals surface area contributed by atoms with Crippen LogP contribution in [0.2, 0.25) is 0 Å². The van der Waals surface area contributed by atoms with Crippen LogP contribution in [0.1, 0.15) is 13.2 Å². The van der Waals surface area contributed by atoms with E-state index in [1.165, 1.54) is 13.1 Å². The van der Waals surface area contributed by atoms with Gasteiger partial charge >= 0.3 is 5.69 Å². The summed E-state index contributed by atoms with van der Waals surface area (Å²) < 4.78 is 17.4. The van der Waals surface area contributed by atoms with Crippen molar-refractivity contribution in [2.75, 3.05) is 6.61 Å². The Kier molecular flexibility index (Phi) is 5.55. The van der Waals surface area contributed by atoms with Crippen molar-refractivity contribution >= 4 is 9.03 Å². The van der Waals surface area contributed by atoms with Gasteiger partial charge in [-0.15, -0.1) is 0 Å². The van der Waals surface area contributed by atoms with Crippen molar-refractivity contribution in [2.45, 2.75) is 31.0 Å². The quantitative estimate of drug-likeness (QED) is 0.480. The number of aromatic amines is 1. The summed E-state index contributed by atoms with van der Waals surface area (Å²) in [7, 11) is -0.326. The van der Waals surface area contributed by atoms with Crippen LogP contribution in [0.15, 0.2) is 52.2 Å². The maximum absolute atomic E-state index is 11.9. The second-order valence-corrected chi connectivity index (χ2v) is 6.68. The Morgan fingerprint density at radius 1 is 1.31 bits per heavy atom. The third-order valence-corrected chi connectivity index (χ3v) is 4.67. The molecule has 2 heterocycles. The van der Waals surface area contributed by atoms with Gasteiger partial charge in [0.25, 0.3) is 5.56 Å². The molecule has 0 spiro atoms. The number of ether oxygens (including phenoxy) is 1. The van der Waals surface area contributed by atoms with Crippen LogP contribution in [0.25, 0.3) is 0 Å². The van der Waals surface area contributed by atoms with Crippen LogP contribution in [-0.2, 0) is 9.26 Å². The molecule has 0 amide bonds. The average molecular weight is 382 g/mol. The third kappa shape index (κ3) is 3.87. The van der Waals surface area contributed by atoms with E-state index in [0.717, 1.165) is 10.6 Å². The molecule has 0 saturated carbocycles. The number of benzene rings is 1. The highest BCUT2D eigenvalue weighted by atomic mass is 31.1. The van der Waals surface area contributed by atoms with E-state index in [1.807, 2.05) is 18.2 Å². The molecular formula is C16H19N2O7P. The Labute approximate surface area is 150 Å². The lowest BCUT2D eigenvalue weighted by Gasteiger charge is -2.27. The summed E-state index contributed by atoms with van der Waals surface area (Å²) in [6.07, 6.45) is -2.14. The summed E-state index contributed by atoms with van der Waals surface area (Å²) in [5, 5.41) is 20.9. The molecule has 26 heavy (non-hydrogen) atoms. The summed E-state index contributed by atoms with van der Waals surface area (Å²) in [5.74, 6) is 0.642. The Morgan fingerprint density at radius 2 is 2.04 bits per heavy atom. The zero-order valence-electron chi connectivity index (χ0n) is 13.9. The largest absolute Gasteiger partial charge is 0.450 e. The van der Waals surface area contributed by atoms with E-state index in [1.54, 1.807) is 12.1 Å². The van der Waals surface area contributed by atoms with Crippen LogP contribution in [0.3, 0.4) is 0 Å². The summed E-state index contributed by atoms with van der Waals surface area (Å²) in [4.78, 5) is 25.2. The van der Waals surface area contributed by atoms with Crippen molar-refractivity contribution in [1.82, 2.24) is 9.55 Å². The SMILES string of the molecule is C[C@@]1(O)C(O)[C@@H](COPOc2ccccc2)O[C@H]1n1ccc(=O)[nH]c1=O. The zero-order chi connectivity index (χ0) is 18.7. The highest BCUT2D eigenvalue weighted by Gasteiger charge is 2.53. The second-order valence-electron chi connectivity index (χ2n) is 6.02. The first-order valence-corrected chi connectivity index (χ1v) is 8.67. The van der Waals surface area contributed by atoms with Gasteiger partial charge in [-0.05, 0) is 19.1 Å². The maximum atomic E-state index is 11.9. The van der Waals surface area contributed by atoms with Crippen molar-refractivity contribution in [3.63, 3.8) is 0 Å².